The van der Waals surface area contributed by atoms with Gasteiger partial charge in [0.15, 0.2) is 0 Å². The lowest BCUT2D eigenvalue weighted by molar-refractivity contribution is 0.0956. The summed E-state index contributed by atoms with van der Waals surface area (Å²) in [6.45, 7) is 0. The number of hydrogen-bond donors (Lipinski definition) is 2. The van der Waals surface area contributed by atoms with E-state index >= 15 is 0 Å². The number of fused-ring (bicyclic) bond motifs is 2. The van der Waals surface area contributed by atoms with Gasteiger partial charge in [-0.15, -0.1) is 0 Å². The van der Waals surface area contributed by atoms with Gasteiger partial charge in [0.2, 0.25) is 5.82 Å². The second-order valence-corrected chi connectivity index (χ2v) is 5.06. The molecular formula is C16H11N3O3. The van der Waals surface area contributed by atoms with Gasteiger partial charge in [0.1, 0.15) is 11.9 Å². The normalized spacial score (nSPS) is 16.5. The van der Waals surface area contributed by atoms with Crippen molar-refractivity contribution in [1.29, 1.82) is 0 Å². The number of aromatic hydroxyl groups is 1. The summed E-state index contributed by atoms with van der Waals surface area (Å²) in [7, 11) is 0. The summed E-state index contributed by atoms with van der Waals surface area (Å²) in [5.41, 5.74) is 0.618. The SMILES string of the molecule is O=C1NC(c2ccccc2O)n2c1nc1ccccc1c2=O. The molecule has 2 heterocycles. The Kier molecular flexibility index (Phi) is 2.53. The van der Waals surface area contributed by atoms with Crippen LogP contribution in [0, 0.1) is 0 Å². The molecule has 1 aliphatic heterocycles. The Morgan fingerprint density at radius 2 is 1.77 bits per heavy atom. The van der Waals surface area contributed by atoms with Crippen molar-refractivity contribution in [3.8, 4) is 5.75 Å². The molecule has 6 heteroatoms. The van der Waals surface area contributed by atoms with E-state index in [1.54, 1.807) is 42.5 Å². The van der Waals surface area contributed by atoms with Gasteiger partial charge < -0.3 is 10.4 Å². The maximum Gasteiger partial charge on any atom is 0.289 e. The summed E-state index contributed by atoms with van der Waals surface area (Å²) >= 11 is 0. The van der Waals surface area contributed by atoms with Crippen LogP contribution in [-0.2, 0) is 0 Å². The third-order valence-corrected chi connectivity index (χ3v) is 3.77. The van der Waals surface area contributed by atoms with E-state index in [9.17, 15) is 14.7 Å². The van der Waals surface area contributed by atoms with Crippen molar-refractivity contribution in [1.82, 2.24) is 14.9 Å². The summed E-state index contributed by atoms with van der Waals surface area (Å²) in [5.74, 6) is -0.367. The average molecular weight is 293 g/mol. The van der Waals surface area contributed by atoms with Gasteiger partial charge in [0.05, 0.1) is 10.9 Å². The van der Waals surface area contributed by atoms with E-state index in [1.165, 1.54) is 10.6 Å². The Morgan fingerprint density at radius 1 is 1.05 bits per heavy atom. The first-order valence-corrected chi connectivity index (χ1v) is 6.77. The zero-order chi connectivity index (χ0) is 15.3. The number of phenolic OH excluding ortho intramolecular Hbond substituents is 1. The highest BCUT2D eigenvalue weighted by Crippen LogP contribution is 2.28. The number of phenols is 1. The van der Waals surface area contributed by atoms with Crippen molar-refractivity contribution in [3.05, 3.63) is 70.3 Å². The average Bonchev–Trinajstić information content (AvgIpc) is 2.85. The van der Waals surface area contributed by atoms with E-state index in [0.29, 0.717) is 16.5 Å². The first-order chi connectivity index (χ1) is 10.7. The molecule has 1 aliphatic rings. The summed E-state index contributed by atoms with van der Waals surface area (Å²) in [6, 6.07) is 13.5. The highest BCUT2D eigenvalue weighted by atomic mass is 16.3. The molecule has 108 valence electrons. The van der Waals surface area contributed by atoms with Crippen molar-refractivity contribution in [2.45, 2.75) is 6.17 Å². The number of benzene rings is 2. The highest BCUT2D eigenvalue weighted by Gasteiger charge is 2.33. The lowest BCUT2D eigenvalue weighted by Crippen LogP contribution is -2.28. The van der Waals surface area contributed by atoms with Crippen LogP contribution in [0.5, 0.6) is 5.75 Å². The number of carbonyl (C=O) groups excluding carboxylic acids is 1. The summed E-state index contributed by atoms with van der Waals surface area (Å²) in [6.07, 6.45) is -0.756. The molecule has 1 aromatic heterocycles. The quantitative estimate of drug-likeness (QED) is 0.710. The van der Waals surface area contributed by atoms with Crippen molar-refractivity contribution in [2.75, 3.05) is 0 Å². The topological polar surface area (TPSA) is 84.2 Å². The minimum Gasteiger partial charge on any atom is -0.508 e. The molecule has 0 fully saturated rings. The van der Waals surface area contributed by atoms with Crippen LogP contribution in [0.1, 0.15) is 22.3 Å². The van der Waals surface area contributed by atoms with Gasteiger partial charge in [-0.1, -0.05) is 30.3 Å². The fourth-order valence-electron chi connectivity index (χ4n) is 2.73. The predicted molar refractivity (Wildman–Crippen MR) is 79.7 cm³/mol. The smallest absolute Gasteiger partial charge is 0.289 e. The molecule has 2 aromatic carbocycles. The molecule has 0 spiro atoms. The van der Waals surface area contributed by atoms with Crippen LogP contribution < -0.4 is 10.9 Å². The van der Waals surface area contributed by atoms with Gasteiger partial charge in [0, 0.05) is 5.56 Å². The van der Waals surface area contributed by atoms with Crippen molar-refractivity contribution < 1.29 is 9.90 Å². The number of hydrogen-bond acceptors (Lipinski definition) is 4. The van der Waals surface area contributed by atoms with Gasteiger partial charge in [-0.3, -0.25) is 14.2 Å². The molecule has 6 nitrogen and oxygen atoms in total. The number of amides is 1. The standard InChI is InChI=1S/C16H11N3O3/c20-12-8-4-2-6-10(12)13-18-15(21)14-17-11-7-3-1-5-9(11)16(22)19(13)14/h1-8,13,20H,(H,18,21). The third kappa shape index (κ3) is 1.64. The van der Waals surface area contributed by atoms with E-state index < -0.39 is 12.1 Å². The molecule has 1 atom stereocenters. The number of para-hydroxylation sites is 2. The third-order valence-electron chi connectivity index (χ3n) is 3.77. The van der Waals surface area contributed by atoms with Crippen LogP contribution in [-0.4, -0.2) is 20.6 Å². The van der Waals surface area contributed by atoms with Gasteiger partial charge in [-0.2, -0.15) is 0 Å². The first kappa shape index (κ1) is 12.6. The van der Waals surface area contributed by atoms with E-state index in [2.05, 4.69) is 10.3 Å². The Labute approximate surface area is 124 Å². The van der Waals surface area contributed by atoms with Gasteiger partial charge >= 0.3 is 0 Å². The van der Waals surface area contributed by atoms with Crippen LogP contribution in [0.4, 0.5) is 0 Å². The predicted octanol–water partition coefficient (Wildman–Crippen LogP) is 1.39. The summed E-state index contributed by atoms with van der Waals surface area (Å²) in [5, 5.41) is 13.1. The Hall–Kier alpha value is -3.15. The van der Waals surface area contributed by atoms with Gasteiger partial charge in [-0.25, -0.2) is 4.98 Å². The zero-order valence-corrected chi connectivity index (χ0v) is 11.4. The molecule has 0 saturated heterocycles. The lowest BCUT2D eigenvalue weighted by Gasteiger charge is -2.15. The van der Waals surface area contributed by atoms with Crippen molar-refractivity contribution in [3.63, 3.8) is 0 Å². The monoisotopic (exact) mass is 293 g/mol. The van der Waals surface area contributed by atoms with Gasteiger partial charge in [0.25, 0.3) is 11.5 Å². The zero-order valence-electron chi connectivity index (χ0n) is 11.4. The van der Waals surface area contributed by atoms with E-state index in [1.807, 2.05) is 0 Å². The molecule has 2 N–H and O–H groups in total. The number of aromatic nitrogens is 2. The van der Waals surface area contributed by atoms with Crippen LogP contribution in [0.25, 0.3) is 10.9 Å². The number of nitrogens with zero attached hydrogens (tertiary/aromatic N) is 2. The van der Waals surface area contributed by atoms with Crippen LogP contribution >= 0.6 is 0 Å². The molecule has 0 aliphatic carbocycles. The Balaban J connectivity index is 2.04. The summed E-state index contributed by atoms with van der Waals surface area (Å²) in [4.78, 5) is 29.1. The molecule has 0 bridgehead atoms. The highest BCUT2D eigenvalue weighted by molar-refractivity contribution is 5.95. The van der Waals surface area contributed by atoms with E-state index in [4.69, 9.17) is 0 Å². The molecule has 1 amide bonds. The lowest BCUT2D eigenvalue weighted by atomic mass is 10.1. The maximum atomic E-state index is 12.7. The molecule has 1 unspecified atom stereocenters. The largest absolute Gasteiger partial charge is 0.508 e. The number of nitrogens with one attached hydrogen (secondary N) is 1. The van der Waals surface area contributed by atoms with Crippen molar-refractivity contribution in [2.24, 2.45) is 0 Å². The maximum absolute atomic E-state index is 12.7. The van der Waals surface area contributed by atoms with Crippen LogP contribution in [0.3, 0.4) is 0 Å². The molecule has 0 radical (unpaired) electrons. The summed E-state index contributed by atoms with van der Waals surface area (Å²) < 4.78 is 1.29. The van der Waals surface area contributed by atoms with E-state index in [-0.39, 0.29) is 17.1 Å². The van der Waals surface area contributed by atoms with E-state index in [0.717, 1.165) is 0 Å². The number of rotatable bonds is 1. The Bertz CT molecular complexity index is 978. The fraction of sp³-hybridized carbons (Fsp3) is 0.0625. The molecule has 4 rings (SSSR count). The van der Waals surface area contributed by atoms with Crippen LogP contribution in [0.15, 0.2) is 53.3 Å². The minimum absolute atomic E-state index is 0.0145. The van der Waals surface area contributed by atoms with Crippen molar-refractivity contribution >= 4 is 16.8 Å². The molecule has 3 aromatic rings. The molecular weight excluding hydrogens is 282 g/mol. The molecule has 22 heavy (non-hydrogen) atoms. The number of carbonyl (C=O) groups is 1. The first-order valence-electron chi connectivity index (χ1n) is 6.77. The fourth-order valence-corrected chi connectivity index (χ4v) is 2.73. The second-order valence-electron chi connectivity index (χ2n) is 5.06. The minimum atomic E-state index is -0.756. The van der Waals surface area contributed by atoms with Crippen LogP contribution in [0.2, 0.25) is 0 Å². The second kappa shape index (κ2) is 4.42. The molecule has 0 saturated carbocycles. The Morgan fingerprint density at radius 3 is 2.59 bits per heavy atom. The van der Waals surface area contributed by atoms with Gasteiger partial charge in [-0.05, 0) is 18.2 Å².